The molecule has 0 saturated heterocycles. The largest absolute Gasteiger partial charge is 0.481 e. The van der Waals surface area contributed by atoms with Gasteiger partial charge in [0.25, 0.3) is 0 Å². The van der Waals surface area contributed by atoms with Crippen molar-refractivity contribution in [3.63, 3.8) is 0 Å². The molecule has 42 heavy (non-hydrogen) atoms. The Morgan fingerprint density at radius 2 is 1.52 bits per heavy atom. The zero-order valence-corrected chi connectivity index (χ0v) is 27.4. The van der Waals surface area contributed by atoms with Crippen molar-refractivity contribution in [3.05, 3.63) is 11.1 Å². The lowest BCUT2D eigenvalue weighted by molar-refractivity contribution is -0.172. The molecule has 0 amide bonds. The first-order valence-electron chi connectivity index (χ1n) is 16.2. The van der Waals surface area contributed by atoms with Crippen molar-refractivity contribution in [1.82, 2.24) is 0 Å². The second kappa shape index (κ2) is 11.4. The Morgan fingerprint density at radius 3 is 2.14 bits per heavy atom. The van der Waals surface area contributed by atoms with E-state index in [0.717, 1.165) is 51.4 Å². The lowest BCUT2D eigenvalue weighted by Crippen LogP contribution is -2.56. The van der Waals surface area contributed by atoms with Crippen LogP contribution < -0.4 is 0 Å². The summed E-state index contributed by atoms with van der Waals surface area (Å²) >= 11 is 0. The average Bonchev–Trinajstić information content (AvgIpc) is 3.20. The van der Waals surface area contributed by atoms with E-state index in [1.54, 1.807) is 25.0 Å². The summed E-state index contributed by atoms with van der Waals surface area (Å²) in [6.07, 6.45) is 8.15. The minimum absolute atomic E-state index is 0.0503. The van der Waals surface area contributed by atoms with Crippen LogP contribution in [0.15, 0.2) is 11.1 Å². The Bertz CT molecular complexity index is 1150. The van der Waals surface area contributed by atoms with E-state index in [2.05, 4.69) is 46.3 Å². The van der Waals surface area contributed by atoms with Gasteiger partial charge in [-0.2, -0.15) is 0 Å². The maximum Gasteiger partial charge on any atom is 0.317 e. The zero-order valence-electron chi connectivity index (χ0n) is 27.4. The first kappa shape index (κ1) is 32.7. The quantitative estimate of drug-likeness (QED) is 0.173. The lowest BCUT2D eigenvalue weighted by Gasteiger charge is -2.62. The third-order valence-electron chi connectivity index (χ3n) is 13.4. The van der Waals surface area contributed by atoms with Crippen molar-refractivity contribution < 1.29 is 33.8 Å². The van der Waals surface area contributed by atoms with E-state index in [4.69, 9.17) is 4.74 Å². The number of ether oxygens (including phenoxy) is 2. The molecular formula is C35H54O7. The van der Waals surface area contributed by atoms with Crippen molar-refractivity contribution in [2.75, 3.05) is 7.11 Å². The summed E-state index contributed by atoms with van der Waals surface area (Å²) in [6.45, 7) is 17.5. The fraction of sp³-hybridized carbons (Fsp3) is 0.829. The molecule has 0 unspecified atom stereocenters. The highest BCUT2D eigenvalue weighted by molar-refractivity contribution is 5.91. The molecule has 4 aliphatic rings. The SMILES string of the molecule is COC(=O)CC(=O)O[C@@H]1CC[C@]2(C)C3=C(CC[C@@H]2C1(C)C)[C@]1(C)CC[C@H]([C@H](C)CC(=O)[C@@H](C)[C@H](C)C(=O)O)[C@]1(C)CC3. The van der Waals surface area contributed by atoms with Crippen LogP contribution in [0, 0.1) is 51.2 Å². The molecule has 0 aromatic carbocycles. The molecule has 9 atom stereocenters. The predicted octanol–water partition coefficient (Wildman–Crippen LogP) is 7.16. The average molecular weight is 587 g/mol. The van der Waals surface area contributed by atoms with Gasteiger partial charge in [-0.3, -0.25) is 19.2 Å². The number of rotatable bonds is 9. The van der Waals surface area contributed by atoms with Crippen LogP contribution in [0.25, 0.3) is 0 Å². The topological polar surface area (TPSA) is 107 Å². The molecule has 4 rings (SSSR count). The molecule has 0 radical (unpaired) electrons. The molecule has 0 aromatic heterocycles. The molecule has 0 bridgehead atoms. The number of methoxy groups -OCH3 is 1. The Morgan fingerprint density at radius 1 is 0.857 bits per heavy atom. The summed E-state index contributed by atoms with van der Waals surface area (Å²) in [5.74, 6) is -2.01. The van der Waals surface area contributed by atoms with Crippen LogP contribution in [0.2, 0.25) is 0 Å². The third-order valence-corrected chi connectivity index (χ3v) is 13.4. The van der Waals surface area contributed by atoms with Crippen molar-refractivity contribution in [2.24, 2.45) is 51.2 Å². The summed E-state index contributed by atoms with van der Waals surface area (Å²) < 4.78 is 10.6. The standard InChI is InChI=1S/C35H54O7/c1-20(18-26(36)21(2)22(3)31(39)40)23-12-16-35(8)25-10-11-27-32(4,5)28(42-30(38)19-29(37)41-9)14-15-33(27,6)24(25)13-17-34(23,35)7/h20-23,27-28H,10-19H2,1-9H3,(H,39,40)/t20-,21+,22+,23-,27-,28-,33-,34+,35+/m1/s1. The monoisotopic (exact) mass is 586 g/mol. The summed E-state index contributed by atoms with van der Waals surface area (Å²) in [5, 5.41) is 9.42. The number of carboxylic acids is 1. The first-order chi connectivity index (χ1) is 19.4. The van der Waals surface area contributed by atoms with Gasteiger partial charge in [-0.05, 0) is 85.4 Å². The normalized spacial score (nSPS) is 37.4. The minimum atomic E-state index is -0.906. The number of carboxylic acid groups (broad SMARTS) is 1. The number of esters is 2. The van der Waals surface area contributed by atoms with Crippen molar-refractivity contribution in [1.29, 1.82) is 0 Å². The highest BCUT2D eigenvalue weighted by atomic mass is 16.6. The van der Waals surface area contributed by atoms with E-state index in [1.165, 1.54) is 7.11 Å². The van der Waals surface area contributed by atoms with Crippen LogP contribution in [0.1, 0.15) is 120 Å². The van der Waals surface area contributed by atoms with E-state index in [1.807, 2.05) is 0 Å². The number of hydrogen-bond acceptors (Lipinski definition) is 6. The number of fused-ring (bicyclic) bond motifs is 4. The van der Waals surface area contributed by atoms with Crippen LogP contribution in [0.4, 0.5) is 0 Å². The smallest absolute Gasteiger partial charge is 0.317 e. The maximum absolute atomic E-state index is 13.1. The molecule has 7 nitrogen and oxygen atoms in total. The predicted molar refractivity (Wildman–Crippen MR) is 160 cm³/mol. The molecule has 0 heterocycles. The number of aliphatic carboxylic acids is 1. The highest BCUT2D eigenvalue weighted by Gasteiger charge is 2.63. The van der Waals surface area contributed by atoms with Gasteiger partial charge in [0, 0.05) is 17.8 Å². The third kappa shape index (κ3) is 5.15. The zero-order chi connectivity index (χ0) is 31.4. The Labute approximate surface area is 252 Å². The van der Waals surface area contributed by atoms with Crippen molar-refractivity contribution in [2.45, 2.75) is 126 Å². The van der Waals surface area contributed by atoms with Gasteiger partial charge < -0.3 is 14.6 Å². The van der Waals surface area contributed by atoms with Gasteiger partial charge in [-0.1, -0.05) is 66.5 Å². The van der Waals surface area contributed by atoms with Crippen molar-refractivity contribution in [3.8, 4) is 0 Å². The number of Topliss-reactive ketones (excluding diaryl/α,β-unsaturated/α-hetero) is 1. The molecule has 2 fully saturated rings. The summed E-state index contributed by atoms with van der Waals surface area (Å²) in [7, 11) is 1.28. The second-order valence-corrected chi connectivity index (χ2v) is 15.5. The van der Waals surface area contributed by atoms with Gasteiger partial charge in [0.05, 0.1) is 13.0 Å². The molecule has 0 aromatic rings. The van der Waals surface area contributed by atoms with Crippen LogP contribution in [-0.4, -0.2) is 42.0 Å². The number of allylic oxidation sites excluding steroid dienone is 2. The van der Waals surface area contributed by atoms with Gasteiger partial charge >= 0.3 is 17.9 Å². The molecule has 4 aliphatic carbocycles. The summed E-state index contributed by atoms with van der Waals surface area (Å²) in [4.78, 5) is 48.8. The highest BCUT2D eigenvalue weighted by Crippen LogP contribution is 2.72. The fourth-order valence-corrected chi connectivity index (χ4v) is 10.4. The molecular weight excluding hydrogens is 532 g/mol. The minimum Gasteiger partial charge on any atom is -0.481 e. The van der Waals surface area contributed by atoms with Gasteiger partial charge in [-0.15, -0.1) is 0 Å². The van der Waals surface area contributed by atoms with Crippen LogP contribution in [0.5, 0.6) is 0 Å². The molecule has 7 heteroatoms. The molecule has 236 valence electrons. The van der Waals surface area contributed by atoms with Gasteiger partial charge in [-0.25, -0.2) is 0 Å². The summed E-state index contributed by atoms with van der Waals surface area (Å²) in [6, 6.07) is 0. The lowest BCUT2D eigenvalue weighted by atomic mass is 9.43. The van der Waals surface area contributed by atoms with E-state index >= 15 is 0 Å². The second-order valence-electron chi connectivity index (χ2n) is 15.5. The van der Waals surface area contributed by atoms with E-state index in [0.29, 0.717) is 18.3 Å². The molecule has 2 saturated carbocycles. The fourth-order valence-electron chi connectivity index (χ4n) is 10.4. The number of carbonyl (C=O) groups excluding carboxylic acids is 3. The van der Waals surface area contributed by atoms with Crippen molar-refractivity contribution >= 4 is 23.7 Å². The maximum atomic E-state index is 13.1. The van der Waals surface area contributed by atoms with E-state index in [-0.39, 0.29) is 45.9 Å². The van der Waals surface area contributed by atoms with Crippen LogP contribution >= 0.6 is 0 Å². The van der Waals surface area contributed by atoms with Gasteiger partial charge in [0.2, 0.25) is 0 Å². The Balaban J connectivity index is 1.55. The van der Waals surface area contributed by atoms with Crippen LogP contribution in [-0.2, 0) is 28.7 Å². The summed E-state index contributed by atoms with van der Waals surface area (Å²) in [5.41, 5.74) is 3.32. The number of ketones is 1. The Kier molecular flexibility index (Phi) is 8.88. The first-order valence-corrected chi connectivity index (χ1v) is 16.2. The van der Waals surface area contributed by atoms with Gasteiger partial charge in [0.1, 0.15) is 18.3 Å². The van der Waals surface area contributed by atoms with Crippen LogP contribution in [0.3, 0.4) is 0 Å². The number of hydrogen-bond donors (Lipinski definition) is 1. The molecule has 0 spiro atoms. The van der Waals surface area contributed by atoms with E-state index in [9.17, 15) is 24.3 Å². The number of carbonyl (C=O) groups is 4. The van der Waals surface area contributed by atoms with Gasteiger partial charge in [0.15, 0.2) is 0 Å². The molecule has 0 aliphatic heterocycles. The van der Waals surface area contributed by atoms with E-state index < -0.39 is 29.7 Å². The molecule has 1 N–H and O–H groups in total. The Hall–Kier alpha value is -2.18.